The molecule has 3 nitrogen and oxygen atoms in total. The molecule has 0 aliphatic rings. The number of hydrogen-bond donors (Lipinski definition) is 1. The van der Waals surface area contributed by atoms with Crippen molar-refractivity contribution in [2.75, 3.05) is 6.61 Å². The van der Waals surface area contributed by atoms with Gasteiger partial charge in [0.25, 0.3) is 0 Å². The highest BCUT2D eigenvalue weighted by Crippen LogP contribution is 2.24. The van der Waals surface area contributed by atoms with Crippen LogP contribution in [0, 0.1) is 12.3 Å². The van der Waals surface area contributed by atoms with Crippen molar-refractivity contribution in [3.05, 3.63) is 28.8 Å². The van der Waals surface area contributed by atoms with Crippen LogP contribution in [0.3, 0.4) is 0 Å². The minimum absolute atomic E-state index is 0.137. The molecule has 18 heavy (non-hydrogen) atoms. The predicted molar refractivity (Wildman–Crippen MR) is 72.2 cm³/mol. The lowest BCUT2D eigenvalue weighted by atomic mass is 9.88. The molecule has 0 aliphatic heterocycles. The van der Waals surface area contributed by atoms with Gasteiger partial charge in [0, 0.05) is 10.4 Å². The Balaban J connectivity index is 2.86. The summed E-state index contributed by atoms with van der Waals surface area (Å²) >= 11 is 5.98. The summed E-state index contributed by atoms with van der Waals surface area (Å²) in [4.78, 5) is 12.0. The van der Waals surface area contributed by atoms with Crippen LogP contribution in [0.1, 0.15) is 26.3 Å². The number of aliphatic hydroxyl groups is 1. The van der Waals surface area contributed by atoms with Crippen LogP contribution in [0.15, 0.2) is 18.2 Å². The number of rotatable bonds is 4. The van der Waals surface area contributed by atoms with Gasteiger partial charge in [-0.2, -0.15) is 0 Å². The smallest absolute Gasteiger partial charge is 0.180 e. The van der Waals surface area contributed by atoms with E-state index in [0.29, 0.717) is 10.8 Å². The van der Waals surface area contributed by atoms with Crippen LogP contribution in [-0.2, 0) is 4.79 Å². The van der Waals surface area contributed by atoms with E-state index < -0.39 is 11.5 Å². The van der Waals surface area contributed by atoms with Gasteiger partial charge >= 0.3 is 0 Å². The average molecular weight is 271 g/mol. The summed E-state index contributed by atoms with van der Waals surface area (Å²) in [7, 11) is 0. The maximum atomic E-state index is 12.0. The second kappa shape index (κ2) is 5.72. The van der Waals surface area contributed by atoms with Gasteiger partial charge in [-0.25, -0.2) is 0 Å². The molecule has 0 fully saturated rings. The van der Waals surface area contributed by atoms with Crippen molar-refractivity contribution in [1.82, 2.24) is 0 Å². The Morgan fingerprint density at radius 2 is 2.06 bits per heavy atom. The first-order valence-corrected chi connectivity index (χ1v) is 6.21. The molecule has 1 atom stereocenters. The number of aryl methyl sites for hydroxylation is 1. The van der Waals surface area contributed by atoms with Crippen LogP contribution in [0.4, 0.5) is 0 Å². The molecule has 100 valence electrons. The average Bonchev–Trinajstić information content (AvgIpc) is 2.28. The lowest BCUT2D eigenvalue weighted by molar-refractivity contribution is -0.135. The first kappa shape index (κ1) is 15.0. The van der Waals surface area contributed by atoms with Gasteiger partial charge in [-0.15, -0.1) is 0 Å². The molecule has 0 aromatic heterocycles. The molecule has 0 spiro atoms. The Morgan fingerprint density at radius 3 is 2.50 bits per heavy atom. The number of halogens is 1. The van der Waals surface area contributed by atoms with Gasteiger partial charge in [-0.05, 0) is 24.6 Å². The molecule has 0 bridgehead atoms. The van der Waals surface area contributed by atoms with E-state index in [-0.39, 0.29) is 12.4 Å². The molecule has 1 aromatic carbocycles. The Hall–Kier alpha value is -1.06. The highest BCUT2D eigenvalue weighted by atomic mass is 35.5. The van der Waals surface area contributed by atoms with E-state index in [9.17, 15) is 9.90 Å². The monoisotopic (exact) mass is 270 g/mol. The van der Waals surface area contributed by atoms with Crippen LogP contribution in [0.2, 0.25) is 5.02 Å². The van der Waals surface area contributed by atoms with Gasteiger partial charge < -0.3 is 9.84 Å². The fraction of sp³-hybridized carbons (Fsp3) is 0.500. The van der Waals surface area contributed by atoms with Crippen molar-refractivity contribution < 1.29 is 14.6 Å². The molecule has 1 aromatic rings. The third-order valence-corrected chi connectivity index (χ3v) is 3.03. The number of ether oxygens (including phenoxy) is 1. The minimum Gasteiger partial charge on any atom is -0.480 e. The van der Waals surface area contributed by atoms with Gasteiger partial charge in [-0.1, -0.05) is 38.4 Å². The van der Waals surface area contributed by atoms with Crippen LogP contribution in [-0.4, -0.2) is 23.6 Å². The van der Waals surface area contributed by atoms with E-state index in [1.807, 2.05) is 13.0 Å². The number of hydrogen-bond acceptors (Lipinski definition) is 3. The highest BCUT2D eigenvalue weighted by Gasteiger charge is 2.30. The maximum absolute atomic E-state index is 12.0. The molecule has 0 aliphatic carbocycles. The minimum atomic E-state index is -0.858. The zero-order chi connectivity index (χ0) is 13.9. The third-order valence-electron chi connectivity index (χ3n) is 2.62. The quantitative estimate of drug-likeness (QED) is 0.915. The summed E-state index contributed by atoms with van der Waals surface area (Å²) in [6.07, 6.45) is -0.858. The van der Waals surface area contributed by atoms with E-state index in [2.05, 4.69) is 0 Å². The SMILES string of the molecule is Cc1ccc(OC(CO)C(=O)C(C)(C)C)cc1Cl. The summed E-state index contributed by atoms with van der Waals surface area (Å²) in [6, 6.07) is 5.20. The van der Waals surface area contributed by atoms with Gasteiger partial charge in [0.15, 0.2) is 11.9 Å². The second-order valence-corrected chi connectivity index (χ2v) is 5.72. The number of ketones is 1. The third kappa shape index (κ3) is 3.72. The number of carbonyl (C=O) groups is 1. The van der Waals surface area contributed by atoms with E-state index in [1.54, 1.807) is 32.9 Å². The predicted octanol–water partition coefficient (Wildman–Crippen LogP) is 3.00. The molecular weight excluding hydrogens is 252 g/mol. The number of benzene rings is 1. The lowest BCUT2D eigenvalue weighted by Crippen LogP contribution is -2.39. The van der Waals surface area contributed by atoms with Crippen molar-refractivity contribution in [2.24, 2.45) is 5.41 Å². The maximum Gasteiger partial charge on any atom is 0.180 e. The topological polar surface area (TPSA) is 46.5 Å². The summed E-state index contributed by atoms with van der Waals surface area (Å²) in [6.45, 7) is 6.92. The molecule has 0 amide bonds. The van der Waals surface area contributed by atoms with E-state index in [1.165, 1.54) is 0 Å². The number of Topliss-reactive ketones (excluding diaryl/α,β-unsaturated/α-hetero) is 1. The lowest BCUT2D eigenvalue weighted by Gasteiger charge is -2.24. The fourth-order valence-corrected chi connectivity index (χ4v) is 1.64. The molecular formula is C14H19ClO3. The zero-order valence-electron chi connectivity index (χ0n) is 11.2. The van der Waals surface area contributed by atoms with Crippen molar-refractivity contribution in [1.29, 1.82) is 0 Å². The highest BCUT2D eigenvalue weighted by molar-refractivity contribution is 6.31. The van der Waals surface area contributed by atoms with Gasteiger partial charge in [0.2, 0.25) is 0 Å². The first-order chi connectivity index (χ1) is 8.25. The molecule has 0 saturated carbocycles. The van der Waals surface area contributed by atoms with Crippen molar-refractivity contribution in [2.45, 2.75) is 33.8 Å². The molecule has 1 rings (SSSR count). The van der Waals surface area contributed by atoms with Crippen LogP contribution < -0.4 is 4.74 Å². The molecule has 4 heteroatoms. The summed E-state index contributed by atoms with van der Waals surface area (Å²) in [5.41, 5.74) is 0.383. The molecule has 1 N–H and O–H groups in total. The molecule has 1 unspecified atom stereocenters. The first-order valence-electron chi connectivity index (χ1n) is 5.83. The normalized spacial score (nSPS) is 13.2. The van der Waals surface area contributed by atoms with E-state index >= 15 is 0 Å². The Morgan fingerprint density at radius 1 is 1.44 bits per heavy atom. The summed E-state index contributed by atoms with van der Waals surface area (Å²) in [5, 5.41) is 9.84. The van der Waals surface area contributed by atoms with E-state index in [4.69, 9.17) is 16.3 Å². The van der Waals surface area contributed by atoms with Crippen molar-refractivity contribution in [3.8, 4) is 5.75 Å². The van der Waals surface area contributed by atoms with Crippen LogP contribution in [0.25, 0.3) is 0 Å². The number of aliphatic hydroxyl groups excluding tert-OH is 1. The van der Waals surface area contributed by atoms with Gasteiger partial charge in [0.1, 0.15) is 5.75 Å². The van der Waals surface area contributed by atoms with Crippen LogP contribution in [0.5, 0.6) is 5.75 Å². The zero-order valence-corrected chi connectivity index (χ0v) is 11.9. The van der Waals surface area contributed by atoms with E-state index in [0.717, 1.165) is 5.56 Å². The molecule has 0 radical (unpaired) electrons. The number of carbonyl (C=O) groups excluding carboxylic acids is 1. The van der Waals surface area contributed by atoms with Crippen molar-refractivity contribution in [3.63, 3.8) is 0 Å². The Labute approximate surface area is 113 Å². The van der Waals surface area contributed by atoms with Crippen molar-refractivity contribution >= 4 is 17.4 Å². The Bertz CT molecular complexity index is 435. The summed E-state index contributed by atoms with van der Waals surface area (Å²) in [5.74, 6) is 0.351. The fourth-order valence-electron chi connectivity index (χ4n) is 1.47. The Kier molecular flexibility index (Phi) is 4.77. The largest absolute Gasteiger partial charge is 0.480 e. The summed E-state index contributed by atoms with van der Waals surface area (Å²) < 4.78 is 5.50. The van der Waals surface area contributed by atoms with Crippen LogP contribution >= 0.6 is 11.6 Å². The second-order valence-electron chi connectivity index (χ2n) is 5.31. The molecule has 0 heterocycles. The molecule has 0 saturated heterocycles. The van der Waals surface area contributed by atoms with Gasteiger partial charge in [0.05, 0.1) is 6.61 Å². The standard InChI is InChI=1S/C14H19ClO3/c1-9-5-6-10(7-11(9)15)18-12(8-16)13(17)14(2,3)4/h5-7,12,16H,8H2,1-4H3. The van der Waals surface area contributed by atoms with Gasteiger partial charge in [-0.3, -0.25) is 4.79 Å².